The molecule has 0 aliphatic carbocycles. The number of rotatable bonds is 6. The lowest BCUT2D eigenvalue weighted by Crippen LogP contribution is -2.06. The zero-order chi connectivity index (χ0) is 15.2. The largest absolute Gasteiger partial charge is 0.456 e. The van der Waals surface area contributed by atoms with Crippen molar-refractivity contribution in [1.82, 2.24) is 4.98 Å². The third kappa shape index (κ3) is 4.43. The van der Waals surface area contributed by atoms with Crippen LogP contribution < -0.4 is 5.32 Å². The summed E-state index contributed by atoms with van der Waals surface area (Å²) < 4.78 is 5.30. The van der Waals surface area contributed by atoms with E-state index in [1.807, 2.05) is 26.0 Å². The Labute approximate surface area is 128 Å². The molecule has 5 heteroatoms. The van der Waals surface area contributed by atoms with Crippen molar-refractivity contribution in [2.45, 2.75) is 20.5 Å². The number of aryl methyl sites for hydroxylation is 2. The maximum Gasteiger partial charge on any atom is 0.358 e. The highest BCUT2D eigenvalue weighted by atomic mass is 32.1. The van der Waals surface area contributed by atoms with Crippen molar-refractivity contribution in [3.63, 3.8) is 0 Å². The van der Waals surface area contributed by atoms with Crippen LogP contribution in [0.15, 0.2) is 36.2 Å². The van der Waals surface area contributed by atoms with Gasteiger partial charge in [0.05, 0.1) is 0 Å². The number of benzene rings is 1. The lowest BCUT2D eigenvalue weighted by Gasteiger charge is -2.05. The molecule has 110 valence electrons. The molecule has 0 spiro atoms. The van der Waals surface area contributed by atoms with Gasteiger partial charge in [0, 0.05) is 11.9 Å². The Morgan fingerprint density at radius 3 is 2.76 bits per heavy atom. The molecule has 1 heterocycles. The van der Waals surface area contributed by atoms with E-state index >= 15 is 0 Å². The predicted molar refractivity (Wildman–Crippen MR) is 85.8 cm³/mol. The second-order valence-corrected chi connectivity index (χ2v) is 5.64. The van der Waals surface area contributed by atoms with Crippen molar-refractivity contribution in [3.05, 3.63) is 58.6 Å². The number of hydrogen-bond donors (Lipinski definition) is 1. The molecule has 0 amide bonds. The number of carbonyl (C=O) groups excluding carboxylic acids is 1. The van der Waals surface area contributed by atoms with Crippen molar-refractivity contribution < 1.29 is 9.53 Å². The summed E-state index contributed by atoms with van der Waals surface area (Å²) >= 11 is 1.37. The smallest absolute Gasteiger partial charge is 0.358 e. The van der Waals surface area contributed by atoms with Crippen LogP contribution in [0.3, 0.4) is 0 Å². The Morgan fingerprint density at radius 1 is 1.38 bits per heavy atom. The fourth-order valence-electron chi connectivity index (χ4n) is 1.98. The van der Waals surface area contributed by atoms with E-state index in [1.165, 1.54) is 11.3 Å². The van der Waals surface area contributed by atoms with Crippen molar-refractivity contribution in [2.75, 3.05) is 11.9 Å². The average molecular weight is 302 g/mol. The van der Waals surface area contributed by atoms with Gasteiger partial charge in [-0.05, 0) is 19.4 Å². The van der Waals surface area contributed by atoms with Crippen LogP contribution in [0.1, 0.15) is 27.2 Å². The molecule has 0 radical (unpaired) electrons. The second-order valence-electron chi connectivity index (χ2n) is 4.78. The van der Waals surface area contributed by atoms with Crippen molar-refractivity contribution >= 4 is 22.4 Å². The second kappa shape index (κ2) is 7.04. The summed E-state index contributed by atoms with van der Waals surface area (Å²) in [4.78, 5) is 16.1. The molecule has 0 fully saturated rings. The van der Waals surface area contributed by atoms with E-state index in [0.29, 0.717) is 17.4 Å². The van der Waals surface area contributed by atoms with Crippen LogP contribution in [0, 0.1) is 13.8 Å². The first-order valence-electron chi connectivity index (χ1n) is 6.63. The van der Waals surface area contributed by atoms with Crippen LogP contribution in [0.4, 0.5) is 5.13 Å². The standard InChI is InChI=1S/C16H18N2O2S/c1-4-5-17-16-18-14(10-21-16)15(19)20-9-13-7-11(2)6-12(3)8-13/h4,6-8,10H,1,5,9H2,2-3H3,(H,17,18). The number of aromatic nitrogens is 1. The molecule has 4 nitrogen and oxygen atoms in total. The molecule has 0 saturated carbocycles. The quantitative estimate of drug-likeness (QED) is 0.653. The van der Waals surface area contributed by atoms with Crippen molar-refractivity contribution in [1.29, 1.82) is 0 Å². The van der Waals surface area contributed by atoms with E-state index < -0.39 is 5.97 Å². The van der Waals surface area contributed by atoms with Gasteiger partial charge in [-0.15, -0.1) is 17.9 Å². The van der Waals surface area contributed by atoms with E-state index in [2.05, 4.69) is 22.9 Å². The van der Waals surface area contributed by atoms with E-state index in [1.54, 1.807) is 11.5 Å². The number of nitrogens with zero attached hydrogens (tertiary/aromatic N) is 1. The Morgan fingerprint density at radius 2 is 2.10 bits per heavy atom. The maximum atomic E-state index is 11.9. The topological polar surface area (TPSA) is 51.2 Å². The zero-order valence-electron chi connectivity index (χ0n) is 12.2. The first-order chi connectivity index (χ1) is 10.1. The molecular formula is C16H18N2O2S. The summed E-state index contributed by atoms with van der Waals surface area (Å²) in [5.41, 5.74) is 3.63. The van der Waals surface area contributed by atoms with Crippen molar-refractivity contribution in [2.24, 2.45) is 0 Å². The summed E-state index contributed by atoms with van der Waals surface area (Å²) in [7, 11) is 0. The summed E-state index contributed by atoms with van der Waals surface area (Å²) in [6.07, 6.45) is 1.74. The number of nitrogens with one attached hydrogen (secondary N) is 1. The lowest BCUT2D eigenvalue weighted by molar-refractivity contribution is 0.0466. The van der Waals surface area contributed by atoms with Gasteiger partial charge in [0.2, 0.25) is 0 Å². The van der Waals surface area contributed by atoms with Gasteiger partial charge in [-0.2, -0.15) is 0 Å². The van der Waals surface area contributed by atoms with Crippen LogP contribution in [0.5, 0.6) is 0 Å². The number of esters is 1. The molecule has 0 saturated heterocycles. The van der Waals surface area contributed by atoms with Crippen LogP contribution >= 0.6 is 11.3 Å². The number of ether oxygens (including phenoxy) is 1. The third-order valence-corrected chi connectivity index (χ3v) is 3.56. The van der Waals surface area contributed by atoms with E-state index in [4.69, 9.17) is 4.74 Å². The highest BCUT2D eigenvalue weighted by Gasteiger charge is 2.12. The van der Waals surface area contributed by atoms with Gasteiger partial charge < -0.3 is 10.1 Å². The molecule has 0 bridgehead atoms. The van der Waals surface area contributed by atoms with Gasteiger partial charge in [0.1, 0.15) is 6.61 Å². The van der Waals surface area contributed by atoms with Gasteiger partial charge in [-0.3, -0.25) is 0 Å². The minimum Gasteiger partial charge on any atom is -0.456 e. The highest BCUT2D eigenvalue weighted by Crippen LogP contribution is 2.17. The lowest BCUT2D eigenvalue weighted by atomic mass is 10.1. The first kappa shape index (κ1) is 15.3. The van der Waals surface area contributed by atoms with Crippen LogP contribution in [0.25, 0.3) is 0 Å². The van der Waals surface area contributed by atoms with Gasteiger partial charge in [-0.1, -0.05) is 35.4 Å². The zero-order valence-corrected chi connectivity index (χ0v) is 13.0. The summed E-state index contributed by atoms with van der Waals surface area (Å²) in [5, 5.41) is 5.42. The molecule has 21 heavy (non-hydrogen) atoms. The third-order valence-electron chi connectivity index (χ3n) is 2.76. The SMILES string of the molecule is C=CCNc1nc(C(=O)OCc2cc(C)cc(C)c2)cs1. The number of carbonyl (C=O) groups is 1. The fourth-order valence-corrected chi connectivity index (χ4v) is 2.67. The van der Waals surface area contributed by atoms with Crippen LogP contribution in [-0.2, 0) is 11.3 Å². The molecule has 2 rings (SSSR count). The average Bonchev–Trinajstić information content (AvgIpc) is 2.90. The highest BCUT2D eigenvalue weighted by molar-refractivity contribution is 7.13. The minimum atomic E-state index is -0.405. The van der Waals surface area contributed by atoms with E-state index in [0.717, 1.165) is 16.7 Å². The summed E-state index contributed by atoms with van der Waals surface area (Å²) in [5.74, 6) is -0.405. The fraction of sp³-hybridized carbons (Fsp3) is 0.250. The van der Waals surface area contributed by atoms with Gasteiger partial charge >= 0.3 is 5.97 Å². The number of hydrogen-bond acceptors (Lipinski definition) is 5. The molecule has 0 unspecified atom stereocenters. The maximum absolute atomic E-state index is 11.9. The molecule has 1 aromatic carbocycles. The van der Waals surface area contributed by atoms with Gasteiger partial charge in [0.25, 0.3) is 0 Å². The number of thiazole rings is 1. The molecule has 2 aromatic rings. The van der Waals surface area contributed by atoms with Crippen LogP contribution in [0.2, 0.25) is 0 Å². The Balaban J connectivity index is 1.94. The Kier molecular flexibility index (Phi) is 5.11. The molecule has 0 aliphatic heterocycles. The number of anilines is 1. The molecule has 1 N–H and O–H groups in total. The van der Waals surface area contributed by atoms with Gasteiger partial charge in [-0.25, -0.2) is 9.78 Å². The summed E-state index contributed by atoms with van der Waals surface area (Å²) in [6.45, 7) is 8.54. The van der Waals surface area contributed by atoms with Crippen LogP contribution in [-0.4, -0.2) is 17.5 Å². The molecule has 0 atom stereocenters. The molecule has 1 aromatic heterocycles. The van der Waals surface area contributed by atoms with E-state index in [-0.39, 0.29) is 6.61 Å². The first-order valence-corrected chi connectivity index (χ1v) is 7.51. The van der Waals surface area contributed by atoms with Crippen molar-refractivity contribution in [3.8, 4) is 0 Å². The minimum absolute atomic E-state index is 0.258. The Bertz CT molecular complexity index is 629. The molecule has 0 aliphatic rings. The predicted octanol–water partition coefficient (Wildman–Crippen LogP) is 3.71. The monoisotopic (exact) mass is 302 g/mol. The summed E-state index contributed by atoms with van der Waals surface area (Å²) in [6, 6.07) is 6.11. The molecular weight excluding hydrogens is 284 g/mol. The Hall–Kier alpha value is -2.14. The van der Waals surface area contributed by atoms with Gasteiger partial charge in [0.15, 0.2) is 10.8 Å². The normalized spacial score (nSPS) is 10.2. The van der Waals surface area contributed by atoms with E-state index in [9.17, 15) is 4.79 Å².